The van der Waals surface area contributed by atoms with Crippen LogP contribution in [0.4, 0.5) is 0 Å². The first-order valence-corrected chi connectivity index (χ1v) is 32.0. The van der Waals surface area contributed by atoms with Crippen molar-refractivity contribution in [3.05, 3.63) is 119 Å². The van der Waals surface area contributed by atoms with E-state index in [1.54, 1.807) is 14.2 Å². The zero-order chi connectivity index (χ0) is 69.7. The van der Waals surface area contributed by atoms with Crippen molar-refractivity contribution in [3.63, 3.8) is 0 Å². The van der Waals surface area contributed by atoms with Crippen LogP contribution in [0.1, 0.15) is 448 Å². The van der Waals surface area contributed by atoms with Gasteiger partial charge < -0.3 is 28.4 Å². The Hall–Kier alpha value is -4.00. The molecule has 106 heavy (non-hydrogen) atoms. The highest BCUT2D eigenvalue weighted by Gasteiger charge is 2.16. The topological polar surface area (TPSA) is 55.4 Å². The fraction of sp³-hybridized carbons (Fsp3) is 0.760. The maximum absolute atomic E-state index is 5.60. The molecule has 664 valence electrons. The SMILES string of the molecule is C.C.C.C.C.C.C.C.C.C.C.C.C.C.C.C.C.C.C.C.CC(C)(C)C.CC(C)(C)C.CC(C)(C)C.CC(C)(C)C.CC(C)(C)C.CC(C)(C)C.CCOC(C)Oc1ccc(C(C)(C)C)cc1.CCOC(C)Oc1ccc(C(C)(C)C)cc1.COc1ccc(C(C)(C)C)cc1.COc1ccc(C(C)(C)C)cc1. The Balaban J connectivity index is -0.0000000283. The smallest absolute Gasteiger partial charge is 0.196 e. The van der Waals surface area contributed by atoms with Gasteiger partial charge in [0, 0.05) is 13.2 Å². The molecule has 0 saturated heterocycles. The lowest BCUT2D eigenvalue weighted by atomic mass is 9.87. The summed E-state index contributed by atoms with van der Waals surface area (Å²) in [5.74, 6) is 3.55. The summed E-state index contributed by atoms with van der Waals surface area (Å²) in [7, 11) is 3.37. The van der Waals surface area contributed by atoms with E-state index >= 15 is 0 Å². The Morgan fingerprint density at radius 1 is 0.208 bits per heavy atom. The number of methoxy groups -OCH3 is 2. The van der Waals surface area contributed by atoms with Crippen molar-refractivity contribution in [2.75, 3.05) is 27.4 Å². The summed E-state index contributed by atoms with van der Waals surface area (Å²) in [4.78, 5) is 0. The fourth-order valence-electron chi connectivity index (χ4n) is 5.17. The molecular formula is C100H228O6. The minimum atomic E-state index is -0.189. The summed E-state index contributed by atoms with van der Waals surface area (Å²) < 4.78 is 32.0. The van der Waals surface area contributed by atoms with E-state index in [9.17, 15) is 0 Å². The van der Waals surface area contributed by atoms with Crippen LogP contribution >= 0.6 is 0 Å². The molecule has 0 aliphatic carbocycles. The summed E-state index contributed by atoms with van der Waals surface area (Å²) in [6, 6.07) is 32.8. The van der Waals surface area contributed by atoms with Gasteiger partial charge in [0.2, 0.25) is 0 Å². The molecule has 4 aromatic rings. The normalized spacial score (nSPS) is 10.1. The molecule has 0 aliphatic rings. The van der Waals surface area contributed by atoms with Gasteiger partial charge in [0.05, 0.1) is 14.2 Å². The largest absolute Gasteiger partial charge is 0.497 e. The van der Waals surface area contributed by atoms with Crippen LogP contribution in [-0.2, 0) is 31.1 Å². The highest BCUT2D eigenvalue weighted by Crippen LogP contribution is 2.28. The van der Waals surface area contributed by atoms with E-state index in [0.717, 1.165) is 23.0 Å². The summed E-state index contributed by atoms with van der Waals surface area (Å²) in [6.07, 6.45) is -0.379. The fourth-order valence-corrected chi connectivity index (χ4v) is 5.17. The maximum Gasteiger partial charge on any atom is 0.196 e. The van der Waals surface area contributed by atoms with Crippen LogP contribution in [0.2, 0.25) is 0 Å². The lowest BCUT2D eigenvalue weighted by Crippen LogP contribution is -2.16. The maximum atomic E-state index is 5.60. The predicted molar refractivity (Wildman–Crippen MR) is 522 cm³/mol. The number of hydrogen-bond acceptors (Lipinski definition) is 6. The second kappa shape index (κ2) is 83.5. The van der Waals surface area contributed by atoms with Crippen LogP contribution in [0.3, 0.4) is 0 Å². The van der Waals surface area contributed by atoms with Gasteiger partial charge in [-0.25, -0.2) is 0 Å². The molecule has 6 heteroatoms. The monoisotopic (exact) mass is 1530 g/mol. The van der Waals surface area contributed by atoms with Gasteiger partial charge in [0.25, 0.3) is 0 Å². The van der Waals surface area contributed by atoms with Gasteiger partial charge in [-0.2, -0.15) is 0 Å². The van der Waals surface area contributed by atoms with Crippen LogP contribution in [0.5, 0.6) is 23.0 Å². The Morgan fingerprint density at radius 3 is 0.396 bits per heavy atom. The minimum Gasteiger partial charge on any atom is -0.497 e. The zero-order valence-electron chi connectivity index (χ0n) is 65.3. The molecule has 6 nitrogen and oxygen atoms in total. The van der Waals surface area contributed by atoms with Crippen LogP contribution in [0.25, 0.3) is 0 Å². The van der Waals surface area contributed by atoms with Crippen molar-refractivity contribution >= 4 is 0 Å². The van der Waals surface area contributed by atoms with Gasteiger partial charge in [0.1, 0.15) is 23.0 Å². The van der Waals surface area contributed by atoms with Gasteiger partial charge in [0.15, 0.2) is 12.6 Å². The summed E-state index contributed by atoms with van der Waals surface area (Å²) in [5.41, 5.74) is 9.12. The van der Waals surface area contributed by atoms with Crippen molar-refractivity contribution in [2.45, 2.75) is 460 Å². The molecule has 4 aromatic carbocycles. The molecule has 0 spiro atoms. The van der Waals surface area contributed by atoms with Gasteiger partial charge in [-0.1, -0.05) is 446 Å². The van der Waals surface area contributed by atoms with Gasteiger partial charge >= 0.3 is 0 Å². The zero-order valence-corrected chi connectivity index (χ0v) is 65.3. The van der Waals surface area contributed by atoms with Crippen molar-refractivity contribution in [3.8, 4) is 23.0 Å². The van der Waals surface area contributed by atoms with E-state index in [0.29, 0.717) is 45.7 Å². The molecule has 0 radical (unpaired) electrons. The molecular weight excluding hydrogens is 1300 g/mol. The van der Waals surface area contributed by atoms with Gasteiger partial charge in [-0.3, -0.25) is 0 Å². The van der Waals surface area contributed by atoms with E-state index in [-0.39, 0.29) is 183 Å². The molecule has 0 aromatic heterocycles. The molecule has 2 unspecified atom stereocenters. The molecule has 0 bridgehead atoms. The Bertz CT molecular complexity index is 1910. The van der Waals surface area contributed by atoms with E-state index in [4.69, 9.17) is 28.4 Å². The molecule has 0 N–H and O–H groups in total. The molecule has 0 saturated carbocycles. The van der Waals surface area contributed by atoms with Crippen molar-refractivity contribution in [2.24, 2.45) is 32.5 Å². The number of hydrogen-bond donors (Lipinski definition) is 0. The standard InChI is InChI=1S/2C14H22O2.2C11H16O.6C5H12.20CH4/c2*1-6-15-11(2)16-13-9-7-12(8-10-13)14(3,4)5;2*1-11(2,3)9-5-7-10(12-4)8-6-9;6*1-5(2,3)4;;;;;;;;;;;;;;;;;;;;/h2*7-11H,6H2,1-5H3;2*5-8H,1-4H3;6*1-4H3;20*1H4. The molecule has 0 aliphatic heterocycles. The molecule has 0 fully saturated rings. The Kier molecular flexibility index (Phi) is 142. The molecule has 2 atom stereocenters. The van der Waals surface area contributed by atoms with Crippen molar-refractivity contribution in [1.29, 1.82) is 0 Å². The summed E-state index contributed by atoms with van der Waals surface area (Å²) in [5, 5.41) is 0. The lowest BCUT2D eigenvalue weighted by molar-refractivity contribution is -0.0616. The first-order valence-electron chi connectivity index (χ1n) is 32.0. The Labute approximate surface area is 686 Å². The first kappa shape index (κ1) is 180. The van der Waals surface area contributed by atoms with Crippen LogP contribution < -0.4 is 18.9 Å². The van der Waals surface area contributed by atoms with Gasteiger partial charge in [-0.15, -0.1) is 0 Å². The highest BCUT2D eigenvalue weighted by molar-refractivity contribution is 5.33. The molecule has 4 rings (SSSR count). The third kappa shape index (κ3) is 161. The van der Waals surface area contributed by atoms with Gasteiger partial charge in [-0.05, 0) is 153 Å². The van der Waals surface area contributed by atoms with Crippen LogP contribution in [0.15, 0.2) is 97.1 Å². The van der Waals surface area contributed by atoms with Crippen LogP contribution in [-0.4, -0.2) is 40.0 Å². The van der Waals surface area contributed by atoms with E-state index in [1.807, 2.05) is 76.2 Å². The first-order chi connectivity index (χ1) is 37.9. The predicted octanol–water partition coefficient (Wildman–Crippen LogP) is 38.5. The molecule has 0 amide bonds. The average Bonchev–Trinajstić information content (AvgIpc) is 3.26. The van der Waals surface area contributed by atoms with Crippen molar-refractivity contribution < 1.29 is 28.4 Å². The summed E-state index contributed by atoms with van der Waals surface area (Å²) >= 11 is 0. The quantitative estimate of drug-likeness (QED) is 0.148. The summed E-state index contributed by atoms with van der Waals surface area (Å²) in [6.45, 7) is 88.0. The van der Waals surface area contributed by atoms with E-state index < -0.39 is 0 Å². The third-order valence-electron chi connectivity index (χ3n) is 8.76. The second-order valence-electron chi connectivity index (χ2n) is 35.8. The number of rotatable bonds is 10. The van der Waals surface area contributed by atoms with Crippen molar-refractivity contribution in [1.82, 2.24) is 0 Å². The number of benzene rings is 4. The average molecular weight is 1530 g/mol. The van der Waals surface area contributed by atoms with Crippen LogP contribution in [0, 0.1) is 32.5 Å². The Morgan fingerprint density at radius 2 is 0.311 bits per heavy atom. The van der Waals surface area contributed by atoms with E-state index in [2.05, 4.69) is 298 Å². The minimum absolute atomic E-state index is 0. The third-order valence-corrected chi connectivity index (χ3v) is 8.76. The second-order valence-corrected chi connectivity index (χ2v) is 35.8. The van der Waals surface area contributed by atoms with E-state index in [1.165, 1.54) is 22.3 Å². The lowest BCUT2D eigenvalue weighted by Gasteiger charge is -2.20. The molecule has 0 heterocycles. The highest BCUT2D eigenvalue weighted by atomic mass is 16.7. The number of ether oxygens (including phenoxy) is 6.